The van der Waals surface area contributed by atoms with Crippen LogP contribution in [0.3, 0.4) is 0 Å². The Hall–Kier alpha value is -2.24. The van der Waals surface area contributed by atoms with Crippen LogP contribution in [0.15, 0.2) is 66.7 Å². The minimum absolute atomic E-state index is 0.0379. The smallest absolute Gasteiger partial charge is 0.243 e. The van der Waals surface area contributed by atoms with Crippen LogP contribution in [0.1, 0.15) is 37.5 Å². The van der Waals surface area contributed by atoms with Gasteiger partial charge in [0.2, 0.25) is 11.8 Å². The molecule has 4 nitrogen and oxygen atoms in total. The molecular formula is C28H28Cl4N2O2. The number of halogens is 4. The van der Waals surface area contributed by atoms with Gasteiger partial charge < -0.3 is 10.2 Å². The molecule has 0 spiro atoms. The zero-order chi connectivity index (χ0) is 26.5. The molecule has 0 radical (unpaired) electrons. The van der Waals surface area contributed by atoms with Crippen molar-refractivity contribution in [1.29, 1.82) is 0 Å². The number of hydrogen-bond donors (Lipinski definition) is 1. The monoisotopic (exact) mass is 564 g/mol. The Labute approximate surface area is 232 Å². The molecule has 0 heterocycles. The van der Waals surface area contributed by atoms with Gasteiger partial charge in [0.1, 0.15) is 6.04 Å². The quantitative estimate of drug-likeness (QED) is 0.309. The van der Waals surface area contributed by atoms with Gasteiger partial charge in [-0.3, -0.25) is 9.59 Å². The fraction of sp³-hybridized carbons (Fsp3) is 0.286. The van der Waals surface area contributed by atoms with Gasteiger partial charge in [-0.2, -0.15) is 0 Å². The van der Waals surface area contributed by atoms with E-state index in [9.17, 15) is 9.59 Å². The average molecular weight is 566 g/mol. The molecule has 3 aromatic carbocycles. The summed E-state index contributed by atoms with van der Waals surface area (Å²) in [5.74, 6) is -0.497. The molecule has 8 heteroatoms. The molecule has 1 atom stereocenters. The molecule has 190 valence electrons. The Morgan fingerprint density at radius 2 is 1.53 bits per heavy atom. The van der Waals surface area contributed by atoms with Crippen LogP contribution in [0.25, 0.3) is 0 Å². The van der Waals surface area contributed by atoms with Gasteiger partial charge in [0.05, 0.1) is 16.5 Å². The van der Waals surface area contributed by atoms with Crippen LogP contribution in [-0.4, -0.2) is 28.3 Å². The fourth-order valence-electron chi connectivity index (χ4n) is 3.77. The summed E-state index contributed by atoms with van der Waals surface area (Å²) >= 11 is 24.8. The molecule has 3 aromatic rings. The summed E-state index contributed by atoms with van der Waals surface area (Å²) in [5, 5.41) is 4.72. The van der Waals surface area contributed by atoms with E-state index in [4.69, 9.17) is 46.4 Å². The van der Waals surface area contributed by atoms with Crippen LogP contribution < -0.4 is 5.32 Å². The lowest BCUT2D eigenvalue weighted by Gasteiger charge is -2.34. The Balaban J connectivity index is 2.03. The van der Waals surface area contributed by atoms with Gasteiger partial charge in [-0.15, -0.1) is 0 Å². The fourth-order valence-corrected chi connectivity index (χ4v) is 4.56. The molecule has 0 aliphatic carbocycles. The molecule has 0 aromatic heterocycles. The molecular weight excluding hydrogens is 538 g/mol. The van der Waals surface area contributed by atoms with Gasteiger partial charge in [0, 0.05) is 28.5 Å². The number of benzene rings is 3. The van der Waals surface area contributed by atoms with Crippen LogP contribution in [0.5, 0.6) is 0 Å². The molecule has 3 rings (SSSR count). The van der Waals surface area contributed by atoms with Crippen molar-refractivity contribution in [2.45, 2.75) is 51.7 Å². The van der Waals surface area contributed by atoms with E-state index in [1.807, 2.05) is 51.1 Å². The molecule has 0 aliphatic heterocycles. The third-order valence-corrected chi connectivity index (χ3v) is 6.79. The Bertz CT molecular complexity index is 1230. The van der Waals surface area contributed by atoms with Gasteiger partial charge >= 0.3 is 0 Å². The van der Waals surface area contributed by atoms with Crippen LogP contribution >= 0.6 is 46.4 Å². The SMILES string of the molecule is CC(C)(C)NC(=O)[C@@H](Cc1ccccc1)N(Cc1ccc(Cl)cc1Cl)C(=O)Cc1ccc(Cl)c(Cl)c1. The molecule has 0 aliphatic rings. The second kappa shape index (κ2) is 12.3. The van der Waals surface area contributed by atoms with E-state index in [2.05, 4.69) is 5.32 Å². The minimum Gasteiger partial charge on any atom is -0.350 e. The first-order chi connectivity index (χ1) is 16.9. The highest BCUT2D eigenvalue weighted by molar-refractivity contribution is 6.42. The molecule has 0 bridgehead atoms. The van der Waals surface area contributed by atoms with Crippen LogP contribution in [0.2, 0.25) is 20.1 Å². The molecule has 36 heavy (non-hydrogen) atoms. The minimum atomic E-state index is -0.784. The van der Waals surface area contributed by atoms with Crippen molar-refractivity contribution in [1.82, 2.24) is 10.2 Å². The Kier molecular flexibility index (Phi) is 9.71. The van der Waals surface area contributed by atoms with Crippen molar-refractivity contribution in [3.8, 4) is 0 Å². The highest BCUT2D eigenvalue weighted by atomic mass is 35.5. The number of nitrogens with zero attached hydrogens (tertiary/aromatic N) is 1. The lowest BCUT2D eigenvalue weighted by molar-refractivity contribution is -0.141. The zero-order valence-electron chi connectivity index (χ0n) is 20.3. The average Bonchev–Trinajstić information content (AvgIpc) is 2.79. The summed E-state index contributed by atoms with van der Waals surface area (Å²) < 4.78 is 0. The van der Waals surface area contributed by atoms with Crippen LogP contribution in [-0.2, 0) is 29.0 Å². The van der Waals surface area contributed by atoms with Gasteiger partial charge in [-0.25, -0.2) is 0 Å². The predicted octanol–water partition coefficient (Wildman–Crippen LogP) is 7.40. The summed E-state index contributed by atoms with van der Waals surface area (Å²) in [5.41, 5.74) is 1.82. The Morgan fingerprint density at radius 1 is 0.833 bits per heavy atom. The molecule has 0 fully saturated rings. The van der Waals surface area contributed by atoms with E-state index in [-0.39, 0.29) is 24.8 Å². The number of hydrogen-bond acceptors (Lipinski definition) is 2. The summed E-state index contributed by atoms with van der Waals surface area (Å²) in [6, 6.07) is 19.0. The van der Waals surface area contributed by atoms with Crippen molar-refractivity contribution in [2.75, 3.05) is 0 Å². The Morgan fingerprint density at radius 3 is 2.14 bits per heavy atom. The first-order valence-electron chi connectivity index (χ1n) is 11.5. The summed E-state index contributed by atoms with van der Waals surface area (Å²) in [4.78, 5) is 29.0. The third kappa shape index (κ3) is 8.14. The highest BCUT2D eigenvalue weighted by Gasteiger charge is 2.32. The topological polar surface area (TPSA) is 49.4 Å². The number of rotatable bonds is 8. The standard InChI is InChI=1S/C28H28Cl4N2O2/c1-28(2,3)33-27(36)25(14-18-7-5-4-6-8-18)34(17-20-10-11-21(29)16-23(20)31)26(35)15-19-9-12-22(30)24(32)13-19/h4-13,16,25H,14-15,17H2,1-3H3,(H,33,36)/t25-/m1/s1. The number of carbonyl (C=O) groups excluding carboxylic acids is 2. The van der Waals surface area contributed by atoms with Gasteiger partial charge in [-0.05, 0) is 61.7 Å². The summed E-state index contributed by atoms with van der Waals surface area (Å²) in [7, 11) is 0. The summed E-state index contributed by atoms with van der Waals surface area (Å²) in [6.07, 6.45) is 0.372. The molecule has 2 amide bonds. The van der Waals surface area contributed by atoms with E-state index in [0.29, 0.717) is 37.6 Å². The van der Waals surface area contributed by atoms with Crippen LogP contribution in [0.4, 0.5) is 0 Å². The molecule has 0 unspecified atom stereocenters. The van der Waals surface area contributed by atoms with Crippen LogP contribution in [0, 0.1) is 0 Å². The maximum Gasteiger partial charge on any atom is 0.243 e. The molecule has 1 N–H and O–H groups in total. The predicted molar refractivity (Wildman–Crippen MR) is 149 cm³/mol. The van der Waals surface area contributed by atoms with Crippen molar-refractivity contribution in [3.63, 3.8) is 0 Å². The molecule has 0 saturated carbocycles. The molecule has 0 saturated heterocycles. The van der Waals surface area contributed by atoms with Crippen molar-refractivity contribution >= 4 is 58.2 Å². The normalized spacial score (nSPS) is 12.2. The van der Waals surface area contributed by atoms with Gasteiger partial charge in [0.15, 0.2) is 0 Å². The largest absolute Gasteiger partial charge is 0.350 e. The lowest BCUT2D eigenvalue weighted by Crippen LogP contribution is -2.54. The van der Waals surface area contributed by atoms with E-state index >= 15 is 0 Å². The summed E-state index contributed by atoms with van der Waals surface area (Å²) in [6.45, 7) is 5.85. The second-order valence-corrected chi connectivity index (χ2v) is 11.3. The first-order valence-corrected chi connectivity index (χ1v) is 13.0. The van der Waals surface area contributed by atoms with E-state index in [1.54, 1.807) is 41.3 Å². The zero-order valence-corrected chi connectivity index (χ0v) is 23.3. The number of nitrogens with one attached hydrogen (secondary N) is 1. The van der Waals surface area contributed by atoms with E-state index in [1.165, 1.54) is 0 Å². The van der Waals surface area contributed by atoms with Crippen molar-refractivity contribution < 1.29 is 9.59 Å². The van der Waals surface area contributed by atoms with Crippen molar-refractivity contribution in [2.24, 2.45) is 0 Å². The maximum absolute atomic E-state index is 13.8. The first kappa shape index (κ1) is 28.3. The van der Waals surface area contributed by atoms with E-state index in [0.717, 1.165) is 5.56 Å². The van der Waals surface area contributed by atoms with Gasteiger partial charge in [0.25, 0.3) is 0 Å². The lowest BCUT2D eigenvalue weighted by atomic mass is 10.00. The number of amides is 2. The maximum atomic E-state index is 13.8. The second-order valence-electron chi connectivity index (χ2n) is 9.63. The van der Waals surface area contributed by atoms with Crippen molar-refractivity contribution in [3.05, 3.63) is 104 Å². The highest BCUT2D eigenvalue weighted by Crippen LogP contribution is 2.26. The third-order valence-electron chi connectivity index (χ3n) is 5.46. The van der Waals surface area contributed by atoms with E-state index < -0.39 is 11.6 Å². The van der Waals surface area contributed by atoms with Gasteiger partial charge in [-0.1, -0.05) is 88.9 Å². The number of carbonyl (C=O) groups is 2.